The average Bonchev–Trinajstić information content (AvgIpc) is 3.24. The molecule has 2 aromatic heterocycles. The Balaban J connectivity index is 1.39. The van der Waals surface area contributed by atoms with E-state index in [9.17, 15) is 19.5 Å². The van der Waals surface area contributed by atoms with Gasteiger partial charge in [0.2, 0.25) is 0 Å². The number of aliphatic carboxylic acids is 1. The van der Waals surface area contributed by atoms with Crippen molar-refractivity contribution in [1.29, 1.82) is 0 Å². The molecular formula is C27H31Cl3N4O4. The van der Waals surface area contributed by atoms with Crippen LogP contribution in [0.1, 0.15) is 86.1 Å². The molecule has 38 heavy (non-hydrogen) atoms. The molecule has 1 amide bonds. The fourth-order valence-corrected chi connectivity index (χ4v) is 7.49. The van der Waals surface area contributed by atoms with Gasteiger partial charge >= 0.3 is 5.97 Å². The van der Waals surface area contributed by atoms with E-state index in [4.69, 9.17) is 34.8 Å². The van der Waals surface area contributed by atoms with Gasteiger partial charge in [0.1, 0.15) is 5.15 Å². The molecule has 0 radical (unpaired) electrons. The van der Waals surface area contributed by atoms with Gasteiger partial charge in [-0.3, -0.25) is 24.0 Å². The van der Waals surface area contributed by atoms with E-state index in [0.717, 1.165) is 12.8 Å². The van der Waals surface area contributed by atoms with E-state index in [1.165, 1.54) is 18.6 Å². The second kappa shape index (κ2) is 9.79. The van der Waals surface area contributed by atoms with Crippen LogP contribution < -0.4 is 0 Å². The van der Waals surface area contributed by atoms with Crippen molar-refractivity contribution in [2.24, 2.45) is 22.7 Å². The first-order valence-corrected chi connectivity index (χ1v) is 14.1. The number of carboxylic acid groups (broad SMARTS) is 1. The largest absolute Gasteiger partial charge is 0.481 e. The highest BCUT2D eigenvalue weighted by atomic mass is 35.5. The van der Waals surface area contributed by atoms with Crippen LogP contribution in [0.4, 0.5) is 0 Å². The van der Waals surface area contributed by atoms with Crippen molar-refractivity contribution >= 4 is 52.5 Å². The molecule has 11 heteroatoms. The maximum atomic E-state index is 13.9. The van der Waals surface area contributed by atoms with Gasteiger partial charge in [-0.2, -0.15) is 5.10 Å². The van der Waals surface area contributed by atoms with Gasteiger partial charge in [-0.15, -0.1) is 0 Å². The molecule has 1 N–H and O–H groups in total. The zero-order valence-electron chi connectivity index (χ0n) is 21.6. The van der Waals surface area contributed by atoms with Crippen LogP contribution in [0.2, 0.25) is 15.2 Å². The number of amides is 1. The highest BCUT2D eigenvalue weighted by molar-refractivity contribution is 6.39. The molecule has 0 aromatic carbocycles. The number of pyridine rings is 1. The minimum Gasteiger partial charge on any atom is -0.481 e. The lowest BCUT2D eigenvalue weighted by molar-refractivity contribution is -0.150. The number of carboxylic acids is 1. The number of carbonyl (C=O) groups excluding carboxylic acids is 2. The molecule has 0 saturated heterocycles. The molecule has 0 unspecified atom stereocenters. The quantitative estimate of drug-likeness (QED) is 0.390. The molecule has 0 bridgehead atoms. The summed E-state index contributed by atoms with van der Waals surface area (Å²) in [6.45, 7) is 6.06. The predicted octanol–water partition coefficient (Wildman–Crippen LogP) is 6.20. The minimum absolute atomic E-state index is 0.0964. The van der Waals surface area contributed by atoms with Crippen molar-refractivity contribution in [3.8, 4) is 0 Å². The normalized spacial score (nSPS) is 29.5. The van der Waals surface area contributed by atoms with E-state index in [-0.39, 0.29) is 62.1 Å². The van der Waals surface area contributed by atoms with Crippen molar-refractivity contribution < 1.29 is 19.5 Å². The number of hydrogen-bond acceptors (Lipinski definition) is 5. The van der Waals surface area contributed by atoms with Gasteiger partial charge in [-0.1, -0.05) is 48.7 Å². The van der Waals surface area contributed by atoms with Crippen molar-refractivity contribution in [2.75, 3.05) is 6.54 Å². The smallest absolute Gasteiger partial charge is 0.309 e. The summed E-state index contributed by atoms with van der Waals surface area (Å²) in [5, 5.41) is 14.5. The molecule has 2 heterocycles. The lowest BCUT2D eigenvalue weighted by atomic mass is 9.74. The third-order valence-corrected chi connectivity index (χ3v) is 10.3. The van der Waals surface area contributed by atoms with Crippen LogP contribution in [-0.2, 0) is 4.79 Å². The molecule has 3 saturated carbocycles. The maximum Gasteiger partial charge on any atom is 0.309 e. The number of aromatic nitrogens is 3. The van der Waals surface area contributed by atoms with Gasteiger partial charge in [0.25, 0.3) is 5.91 Å². The zero-order valence-corrected chi connectivity index (χ0v) is 23.9. The summed E-state index contributed by atoms with van der Waals surface area (Å²) >= 11 is 19.2. The number of fused-ring (bicyclic) bond motifs is 1. The summed E-state index contributed by atoms with van der Waals surface area (Å²) in [5.74, 6) is -0.499. The molecule has 2 aromatic rings. The van der Waals surface area contributed by atoms with E-state index in [0.29, 0.717) is 37.5 Å². The average molecular weight is 582 g/mol. The topological polar surface area (TPSA) is 105 Å². The van der Waals surface area contributed by atoms with E-state index >= 15 is 0 Å². The van der Waals surface area contributed by atoms with Crippen LogP contribution in [-0.4, -0.2) is 55.0 Å². The molecular weight excluding hydrogens is 551 g/mol. The van der Waals surface area contributed by atoms with E-state index in [2.05, 4.69) is 23.9 Å². The monoisotopic (exact) mass is 580 g/mol. The SMILES string of the molecule is CC1(C)[C@@H]2C[C@H](N(CC(=O)c3c(Cl)cncc3Cl)C(=O)c3cnn([C@H]4CC[C@](C)(C(=O)O)CC4)c3Cl)C[C@@H]21. The molecule has 8 nitrogen and oxygen atoms in total. The Morgan fingerprint density at radius 2 is 1.61 bits per heavy atom. The number of halogens is 3. The van der Waals surface area contributed by atoms with Crippen LogP contribution in [0.15, 0.2) is 18.6 Å². The lowest BCUT2D eigenvalue weighted by Gasteiger charge is -2.34. The van der Waals surface area contributed by atoms with Gasteiger partial charge in [-0.25, -0.2) is 0 Å². The second-order valence-electron chi connectivity index (χ2n) is 11.9. The lowest BCUT2D eigenvalue weighted by Crippen LogP contribution is -2.43. The number of Topliss-reactive ketones (excluding diaryl/α,β-unsaturated/α-hetero) is 1. The first kappa shape index (κ1) is 27.4. The minimum atomic E-state index is -0.800. The molecule has 3 aliphatic carbocycles. The number of hydrogen-bond donors (Lipinski definition) is 1. The summed E-state index contributed by atoms with van der Waals surface area (Å²) in [4.78, 5) is 44.5. The molecule has 5 rings (SSSR count). The Bertz CT molecular complexity index is 1270. The van der Waals surface area contributed by atoms with Gasteiger partial charge in [0.05, 0.1) is 45.4 Å². The van der Waals surface area contributed by atoms with Crippen LogP contribution in [0.3, 0.4) is 0 Å². The van der Waals surface area contributed by atoms with E-state index in [1.54, 1.807) is 16.5 Å². The summed E-state index contributed by atoms with van der Waals surface area (Å²) in [7, 11) is 0. The van der Waals surface area contributed by atoms with Gasteiger partial charge in [0, 0.05) is 18.4 Å². The van der Waals surface area contributed by atoms with Crippen LogP contribution in [0.5, 0.6) is 0 Å². The Hall–Kier alpha value is -2.16. The second-order valence-corrected chi connectivity index (χ2v) is 13.1. The van der Waals surface area contributed by atoms with Crippen molar-refractivity contribution in [3.63, 3.8) is 0 Å². The Morgan fingerprint density at radius 3 is 2.16 bits per heavy atom. The first-order chi connectivity index (χ1) is 17.8. The molecule has 204 valence electrons. The fourth-order valence-electron chi connectivity index (χ4n) is 6.61. The zero-order chi connectivity index (χ0) is 27.6. The predicted molar refractivity (Wildman–Crippen MR) is 144 cm³/mol. The van der Waals surface area contributed by atoms with Crippen LogP contribution in [0, 0.1) is 22.7 Å². The van der Waals surface area contributed by atoms with E-state index < -0.39 is 11.4 Å². The van der Waals surface area contributed by atoms with Gasteiger partial charge in [-0.05, 0) is 62.7 Å². The molecule has 0 spiro atoms. The number of nitrogens with zero attached hydrogens (tertiary/aromatic N) is 4. The Morgan fingerprint density at radius 1 is 1.03 bits per heavy atom. The summed E-state index contributed by atoms with van der Waals surface area (Å²) < 4.78 is 1.63. The van der Waals surface area contributed by atoms with Crippen molar-refractivity contribution in [3.05, 3.63) is 44.9 Å². The van der Waals surface area contributed by atoms with Crippen molar-refractivity contribution in [2.45, 2.75) is 71.4 Å². The molecule has 3 atom stereocenters. The molecule has 3 aliphatic rings. The fraction of sp³-hybridized carbons (Fsp3) is 0.593. The van der Waals surface area contributed by atoms with Crippen molar-refractivity contribution in [1.82, 2.24) is 19.7 Å². The van der Waals surface area contributed by atoms with Crippen LogP contribution in [0.25, 0.3) is 0 Å². The van der Waals surface area contributed by atoms with Gasteiger partial charge in [0.15, 0.2) is 5.78 Å². The van der Waals surface area contributed by atoms with Crippen LogP contribution >= 0.6 is 34.8 Å². The third-order valence-electron chi connectivity index (χ3n) is 9.37. The number of rotatable bonds is 7. The first-order valence-electron chi connectivity index (χ1n) is 12.9. The summed E-state index contributed by atoms with van der Waals surface area (Å²) in [6.07, 6.45) is 8.01. The highest BCUT2D eigenvalue weighted by Crippen LogP contribution is 2.67. The third kappa shape index (κ3) is 4.62. The molecule has 3 fully saturated rings. The Labute approximate surface area is 236 Å². The molecule has 0 aliphatic heterocycles. The standard InChI is InChI=1S/C27H31Cl3N4O4/c1-26(2)17-8-15(9-18(17)26)33(13-21(35)22-19(28)11-31-12-20(22)29)24(36)16-10-32-34(23(16)30)14-4-6-27(3,7-5-14)25(37)38/h10-12,14-15,17-18H,4-9,13H2,1-3H3,(H,37,38)/t14-,15-,17+,18-,27-. The number of carbonyl (C=O) groups is 3. The van der Waals surface area contributed by atoms with Gasteiger partial charge < -0.3 is 10.0 Å². The highest BCUT2D eigenvalue weighted by Gasteiger charge is 2.63. The summed E-state index contributed by atoms with van der Waals surface area (Å²) in [6, 6.07) is -0.208. The number of ketones is 1. The maximum absolute atomic E-state index is 13.9. The summed E-state index contributed by atoms with van der Waals surface area (Å²) in [5.41, 5.74) is -0.132. The Kier molecular flexibility index (Phi) is 7.06. The van der Waals surface area contributed by atoms with E-state index in [1.807, 2.05) is 0 Å².